The number of hydrogen-bond acceptors (Lipinski definition) is 3. The molecule has 0 aliphatic carbocycles. The second kappa shape index (κ2) is 5.29. The van der Waals surface area contributed by atoms with Crippen LogP contribution < -0.4 is 11.1 Å². The molecule has 88 valence electrons. The summed E-state index contributed by atoms with van der Waals surface area (Å²) in [6, 6.07) is 9.95. The summed E-state index contributed by atoms with van der Waals surface area (Å²) in [5, 5.41) is 3.28. The molecule has 0 atom stereocenters. The summed E-state index contributed by atoms with van der Waals surface area (Å²) in [6.07, 6.45) is 1.76. The topological polar surface area (TPSA) is 50.9 Å². The van der Waals surface area contributed by atoms with Crippen LogP contribution in [0.4, 0.5) is 11.5 Å². The molecule has 0 unspecified atom stereocenters. The summed E-state index contributed by atoms with van der Waals surface area (Å²) in [5.41, 5.74) is 8.87. The molecule has 0 fully saturated rings. The van der Waals surface area contributed by atoms with Crippen LogP contribution in [-0.4, -0.2) is 4.98 Å². The summed E-state index contributed by atoms with van der Waals surface area (Å²) in [4.78, 5) is 4.29. The average Bonchev–Trinajstić information content (AvgIpc) is 2.34. The summed E-state index contributed by atoms with van der Waals surface area (Å²) in [7, 11) is 0. The number of aryl methyl sites for hydroxylation is 1. The Morgan fingerprint density at radius 1 is 1.35 bits per heavy atom. The first kappa shape index (κ1) is 12.1. The summed E-state index contributed by atoms with van der Waals surface area (Å²) >= 11 is 3.48. The largest absolute Gasteiger partial charge is 0.340 e. The third kappa shape index (κ3) is 2.84. The molecule has 0 aliphatic rings. The van der Waals surface area contributed by atoms with Crippen molar-refractivity contribution in [2.75, 3.05) is 5.32 Å². The van der Waals surface area contributed by atoms with E-state index < -0.39 is 0 Å². The molecule has 4 heteroatoms. The zero-order valence-corrected chi connectivity index (χ0v) is 11.2. The van der Waals surface area contributed by atoms with Gasteiger partial charge in [0.2, 0.25) is 0 Å². The maximum Gasteiger partial charge on any atom is 0.134 e. The Labute approximate surface area is 109 Å². The van der Waals surface area contributed by atoms with Crippen molar-refractivity contribution < 1.29 is 0 Å². The van der Waals surface area contributed by atoms with E-state index in [2.05, 4.69) is 39.2 Å². The number of benzene rings is 1. The standard InChI is InChI=1S/C13H14BrN3/c1-9-7-11(4-5-12(9)14)17-13-10(8-15)3-2-6-16-13/h2-7H,8,15H2,1H3,(H,16,17). The predicted molar refractivity (Wildman–Crippen MR) is 74.3 cm³/mol. The number of rotatable bonds is 3. The van der Waals surface area contributed by atoms with E-state index in [1.54, 1.807) is 6.20 Å². The van der Waals surface area contributed by atoms with Crippen molar-refractivity contribution in [1.29, 1.82) is 0 Å². The Bertz CT molecular complexity index is 526. The molecule has 1 heterocycles. The Hall–Kier alpha value is -1.39. The van der Waals surface area contributed by atoms with E-state index in [-0.39, 0.29) is 0 Å². The summed E-state index contributed by atoms with van der Waals surface area (Å²) < 4.78 is 1.10. The molecule has 17 heavy (non-hydrogen) atoms. The van der Waals surface area contributed by atoms with Crippen molar-refractivity contribution >= 4 is 27.4 Å². The van der Waals surface area contributed by atoms with Crippen LogP contribution in [0.1, 0.15) is 11.1 Å². The molecular weight excluding hydrogens is 278 g/mol. The molecule has 0 saturated heterocycles. The minimum Gasteiger partial charge on any atom is -0.340 e. The molecule has 3 N–H and O–H groups in total. The molecule has 2 aromatic rings. The molecule has 3 nitrogen and oxygen atoms in total. The Balaban J connectivity index is 2.28. The molecule has 0 saturated carbocycles. The highest BCUT2D eigenvalue weighted by Crippen LogP contribution is 2.23. The number of hydrogen-bond donors (Lipinski definition) is 2. The van der Waals surface area contributed by atoms with Crippen LogP contribution >= 0.6 is 15.9 Å². The number of nitrogens with two attached hydrogens (primary N) is 1. The van der Waals surface area contributed by atoms with Crippen molar-refractivity contribution in [3.05, 3.63) is 52.1 Å². The lowest BCUT2D eigenvalue weighted by Crippen LogP contribution is -2.03. The quantitative estimate of drug-likeness (QED) is 0.912. The molecule has 0 bridgehead atoms. The van der Waals surface area contributed by atoms with Gasteiger partial charge in [0.05, 0.1) is 0 Å². The fraction of sp³-hybridized carbons (Fsp3) is 0.154. The Kier molecular flexibility index (Phi) is 3.76. The molecule has 0 spiro atoms. The average molecular weight is 292 g/mol. The molecule has 0 aliphatic heterocycles. The number of anilines is 2. The van der Waals surface area contributed by atoms with Gasteiger partial charge in [-0.1, -0.05) is 22.0 Å². The highest BCUT2D eigenvalue weighted by molar-refractivity contribution is 9.10. The molecule has 2 rings (SSSR count). The molecule has 0 radical (unpaired) electrons. The smallest absolute Gasteiger partial charge is 0.134 e. The fourth-order valence-corrected chi connectivity index (χ4v) is 1.82. The van der Waals surface area contributed by atoms with Gasteiger partial charge in [0.1, 0.15) is 5.82 Å². The highest BCUT2D eigenvalue weighted by atomic mass is 79.9. The first-order chi connectivity index (χ1) is 8.20. The molecule has 1 aromatic carbocycles. The zero-order chi connectivity index (χ0) is 12.3. The summed E-state index contributed by atoms with van der Waals surface area (Å²) in [5.74, 6) is 0.816. The van der Waals surface area contributed by atoms with Gasteiger partial charge in [-0.2, -0.15) is 0 Å². The second-order valence-corrected chi connectivity index (χ2v) is 4.66. The lowest BCUT2D eigenvalue weighted by molar-refractivity contribution is 1.05. The Morgan fingerprint density at radius 2 is 2.18 bits per heavy atom. The first-order valence-electron chi connectivity index (χ1n) is 5.38. The van der Waals surface area contributed by atoms with Crippen LogP contribution in [0.2, 0.25) is 0 Å². The number of halogens is 1. The predicted octanol–water partition coefficient (Wildman–Crippen LogP) is 3.35. The van der Waals surface area contributed by atoms with E-state index in [4.69, 9.17) is 5.73 Å². The number of pyridine rings is 1. The second-order valence-electron chi connectivity index (χ2n) is 3.80. The van der Waals surface area contributed by atoms with Gasteiger partial charge in [-0.25, -0.2) is 4.98 Å². The van der Waals surface area contributed by atoms with Crippen LogP contribution in [0.3, 0.4) is 0 Å². The van der Waals surface area contributed by atoms with Crippen LogP contribution in [0, 0.1) is 6.92 Å². The maximum atomic E-state index is 5.67. The highest BCUT2D eigenvalue weighted by Gasteiger charge is 2.03. The Morgan fingerprint density at radius 3 is 2.88 bits per heavy atom. The normalized spacial score (nSPS) is 10.3. The number of nitrogens with zero attached hydrogens (tertiary/aromatic N) is 1. The molecular formula is C13H14BrN3. The number of nitrogens with one attached hydrogen (secondary N) is 1. The van der Waals surface area contributed by atoms with E-state index in [9.17, 15) is 0 Å². The third-order valence-electron chi connectivity index (χ3n) is 2.53. The molecule has 0 amide bonds. The van der Waals surface area contributed by atoms with Crippen LogP contribution in [0.15, 0.2) is 41.0 Å². The van der Waals surface area contributed by atoms with Crippen molar-refractivity contribution in [1.82, 2.24) is 4.98 Å². The first-order valence-corrected chi connectivity index (χ1v) is 6.17. The third-order valence-corrected chi connectivity index (χ3v) is 3.42. The lowest BCUT2D eigenvalue weighted by atomic mass is 10.2. The van der Waals surface area contributed by atoms with E-state index in [1.165, 1.54) is 5.56 Å². The van der Waals surface area contributed by atoms with E-state index in [0.717, 1.165) is 21.5 Å². The van der Waals surface area contributed by atoms with Crippen LogP contribution in [0.5, 0.6) is 0 Å². The van der Waals surface area contributed by atoms with E-state index >= 15 is 0 Å². The minimum atomic E-state index is 0.478. The van der Waals surface area contributed by atoms with Crippen molar-refractivity contribution in [2.45, 2.75) is 13.5 Å². The van der Waals surface area contributed by atoms with Gasteiger partial charge < -0.3 is 11.1 Å². The van der Waals surface area contributed by atoms with Crippen LogP contribution in [-0.2, 0) is 6.54 Å². The SMILES string of the molecule is Cc1cc(Nc2ncccc2CN)ccc1Br. The minimum absolute atomic E-state index is 0.478. The lowest BCUT2D eigenvalue weighted by Gasteiger charge is -2.10. The van der Waals surface area contributed by atoms with Crippen molar-refractivity contribution in [2.24, 2.45) is 5.73 Å². The van der Waals surface area contributed by atoms with E-state index in [0.29, 0.717) is 6.54 Å². The number of aromatic nitrogens is 1. The van der Waals surface area contributed by atoms with Gasteiger partial charge in [0.15, 0.2) is 0 Å². The van der Waals surface area contributed by atoms with Crippen LogP contribution in [0.25, 0.3) is 0 Å². The monoisotopic (exact) mass is 291 g/mol. The maximum absolute atomic E-state index is 5.67. The van der Waals surface area contributed by atoms with Gasteiger partial charge in [-0.15, -0.1) is 0 Å². The van der Waals surface area contributed by atoms with Gasteiger partial charge in [0.25, 0.3) is 0 Å². The van der Waals surface area contributed by atoms with Gasteiger partial charge in [0, 0.05) is 28.5 Å². The fourth-order valence-electron chi connectivity index (χ4n) is 1.58. The molecule has 1 aromatic heterocycles. The van der Waals surface area contributed by atoms with E-state index in [1.807, 2.05) is 24.3 Å². The van der Waals surface area contributed by atoms with Gasteiger partial charge in [-0.3, -0.25) is 0 Å². The van der Waals surface area contributed by atoms with Gasteiger partial charge >= 0.3 is 0 Å². The summed E-state index contributed by atoms with van der Waals surface area (Å²) in [6.45, 7) is 2.53. The van der Waals surface area contributed by atoms with Crippen molar-refractivity contribution in [3.8, 4) is 0 Å². The van der Waals surface area contributed by atoms with Gasteiger partial charge in [-0.05, 0) is 36.8 Å². The van der Waals surface area contributed by atoms with Crippen molar-refractivity contribution in [3.63, 3.8) is 0 Å². The zero-order valence-electron chi connectivity index (χ0n) is 9.57.